The van der Waals surface area contributed by atoms with Crippen LogP contribution in [0.3, 0.4) is 0 Å². The maximum atomic E-state index is 11.6. The Labute approximate surface area is 99.5 Å². The summed E-state index contributed by atoms with van der Waals surface area (Å²) in [6.07, 6.45) is 9.88. The van der Waals surface area contributed by atoms with Gasteiger partial charge in [0.15, 0.2) is 0 Å². The van der Waals surface area contributed by atoms with Crippen LogP contribution in [0.25, 0.3) is 0 Å². The molecule has 0 saturated carbocycles. The number of nitrogens with one attached hydrogen (secondary N) is 1. The molecule has 1 amide bonds. The predicted octanol–water partition coefficient (Wildman–Crippen LogP) is 1.70. The Hall–Kier alpha value is -2.17. The number of carbonyl (C=O) groups excluding carboxylic acids is 1. The zero-order chi connectivity index (χ0) is 11.9. The van der Waals surface area contributed by atoms with Gasteiger partial charge >= 0.3 is 0 Å². The van der Waals surface area contributed by atoms with Gasteiger partial charge in [-0.3, -0.25) is 4.79 Å². The maximum absolute atomic E-state index is 11.6. The van der Waals surface area contributed by atoms with E-state index < -0.39 is 0 Å². The SMILES string of the molecule is O=C(CCCn1cccc1)Nc1cncnc1. The highest BCUT2D eigenvalue weighted by atomic mass is 16.1. The van der Waals surface area contributed by atoms with E-state index >= 15 is 0 Å². The molecule has 2 aromatic rings. The summed E-state index contributed by atoms with van der Waals surface area (Å²) < 4.78 is 2.05. The molecule has 17 heavy (non-hydrogen) atoms. The van der Waals surface area contributed by atoms with Gasteiger partial charge in [-0.15, -0.1) is 0 Å². The van der Waals surface area contributed by atoms with Crippen molar-refractivity contribution in [2.45, 2.75) is 19.4 Å². The number of carbonyl (C=O) groups is 1. The summed E-state index contributed by atoms with van der Waals surface area (Å²) in [5, 5.41) is 2.75. The highest BCUT2D eigenvalue weighted by molar-refractivity contribution is 5.90. The summed E-state index contributed by atoms with van der Waals surface area (Å²) in [7, 11) is 0. The van der Waals surface area contributed by atoms with Crippen LogP contribution in [-0.4, -0.2) is 20.4 Å². The Morgan fingerprint density at radius 3 is 2.65 bits per heavy atom. The fourth-order valence-electron chi connectivity index (χ4n) is 1.53. The molecule has 0 aromatic carbocycles. The van der Waals surface area contributed by atoms with E-state index in [0.29, 0.717) is 12.1 Å². The third-order valence-electron chi connectivity index (χ3n) is 2.33. The van der Waals surface area contributed by atoms with Gasteiger partial charge in [-0.05, 0) is 18.6 Å². The Morgan fingerprint density at radius 2 is 1.94 bits per heavy atom. The van der Waals surface area contributed by atoms with E-state index in [1.807, 2.05) is 24.5 Å². The topological polar surface area (TPSA) is 59.8 Å². The predicted molar refractivity (Wildman–Crippen MR) is 64.3 cm³/mol. The van der Waals surface area contributed by atoms with E-state index in [2.05, 4.69) is 19.9 Å². The third kappa shape index (κ3) is 3.71. The number of hydrogen-bond donors (Lipinski definition) is 1. The molecule has 0 radical (unpaired) electrons. The molecule has 0 aliphatic rings. The average Bonchev–Trinajstić information content (AvgIpc) is 2.83. The molecule has 0 fully saturated rings. The number of hydrogen-bond acceptors (Lipinski definition) is 3. The largest absolute Gasteiger partial charge is 0.354 e. The summed E-state index contributed by atoms with van der Waals surface area (Å²) in [4.78, 5) is 19.2. The monoisotopic (exact) mass is 230 g/mol. The number of aryl methyl sites for hydroxylation is 1. The molecule has 0 spiro atoms. The van der Waals surface area contributed by atoms with Gasteiger partial charge in [0, 0.05) is 25.4 Å². The van der Waals surface area contributed by atoms with Crippen LogP contribution in [-0.2, 0) is 11.3 Å². The minimum atomic E-state index is -0.00745. The Bertz CT molecular complexity index is 453. The van der Waals surface area contributed by atoms with Crippen molar-refractivity contribution in [3.63, 3.8) is 0 Å². The highest BCUT2D eigenvalue weighted by Gasteiger charge is 2.02. The number of aromatic nitrogens is 3. The molecule has 88 valence electrons. The summed E-state index contributed by atoms with van der Waals surface area (Å²) in [6, 6.07) is 3.95. The highest BCUT2D eigenvalue weighted by Crippen LogP contribution is 2.03. The zero-order valence-corrected chi connectivity index (χ0v) is 9.41. The molecule has 5 heteroatoms. The lowest BCUT2D eigenvalue weighted by Crippen LogP contribution is -2.12. The molecule has 2 heterocycles. The minimum absolute atomic E-state index is 0.00745. The summed E-state index contributed by atoms with van der Waals surface area (Å²) in [6.45, 7) is 0.853. The molecule has 5 nitrogen and oxygen atoms in total. The Balaban J connectivity index is 1.71. The molecule has 0 bridgehead atoms. The van der Waals surface area contributed by atoms with Crippen LogP contribution < -0.4 is 5.32 Å². The van der Waals surface area contributed by atoms with Crippen LogP contribution in [0, 0.1) is 0 Å². The van der Waals surface area contributed by atoms with Gasteiger partial charge in [-0.25, -0.2) is 9.97 Å². The van der Waals surface area contributed by atoms with Crippen LogP contribution in [0.2, 0.25) is 0 Å². The van der Waals surface area contributed by atoms with Crippen LogP contribution >= 0.6 is 0 Å². The van der Waals surface area contributed by atoms with Gasteiger partial charge in [-0.2, -0.15) is 0 Å². The van der Waals surface area contributed by atoms with Crippen molar-refractivity contribution in [2.24, 2.45) is 0 Å². The van der Waals surface area contributed by atoms with Crippen LogP contribution in [0.15, 0.2) is 43.2 Å². The second-order valence-electron chi connectivity index (χ2n) is 3.70. The smallest absolute Gasteiger partial charge is 0.224 e. The van der Waals surface area contributed by atoms with Crippen LogP contribution in [0.1, 0.15) is 12.8 Å². The van der Waals surface area contributed by atoms with E-state index in [9.17, 15) is 4.79 Å². The van der Waals surface area contributed by atoms with Crippen molar-refractivity contribution >= 4 is 11.6 Å². The normalized spacial score (nSPS) is 10.1. The Kier molecular flexibility index (Phi) is 3.85. The Morgan fingerprint density at radius 1 is 1.24 bits per heavy atom. The van der Waals surface area contributed by atoms with Crippen molar-refractivity contribution in [3.05, 3.63) is 43.2 Å². The maximum Gasteiger partial charge on any atom is 0.224 e. The van der Waals surface area contributed by atoms with Crippen molar-refractivity contribution in [1.82, 2.24) is 14.5 Å². The van der Waals surface area contributed by atoms with E-state index in [-0.39, 0.29) is 5.91 Å². The van der Waals surface area contributed by atoms with Gasteiger partial charge in [0.2, 0.25) is 5.91 Å². The standard InChI is InChI=1S/C12H14N4O/c17-12(15-11-8-13-10-14-9-11)4-3-7-16-5-1-2-6-16/h1-2,5-6,8-10H,3-4,7H2,(H,15,17). The van der Waals surface area contributed by atoms with Crippen LogP contribution in [0.5, 0.6) is 0 Å². The molecule has 0 aliphatic heterocycles. The van der Waals surface area contributed by atoms with Gasteiger partial charge in [0.05, 0.1) is 18.1 Å². The lowest BCUT2D eigenvalue weighted by molar-refractivity contribution is -0.116. The molecule has 0 saturated heterocycles. The first-order valence-corrected chi connectivity index (χ1v) is 5.50. The molecular weight excluding hydrogens is 216 g/mol. The quantitative estimate of drug-likeness (QED) is 0.850. The second kappa shape index (κ2) is 5.79. The molecule has 2 aromatic heterocycles. The number of amides is 1. The second-order valence-corrected chi connectivity index (χ2v) is 3.70. The van der Waals surface area contributed by atoms with Gasteiger partial charge < -0.3 is 9.88 Å². The fourth-order valence-corrected chi connectivity index (χ4v) is 1.53. The van der Waals surface area contributed by atoms with E-state index in [0.717, 1.165) is 13.0 Å². The summed E-state index contributed by atoms with van der Waals surface area (Å²) in [5.74, 6) is -0.00745. The van der Waals surface area contributed by atoms with Gasteiger partial charge in [-0.1, -0.05) is 0 Å². The lowest BCUT2D eigenvalue weighted by Gasteiger charge is -2.04. The lowest BCUT2D eigenvalue weighted by atomic mass is 10.3. The minimum Gasteiger partial charge on any atom is -0.354 e. The number of nitrogens with zero attached hydrogens (tertiary/aromatic N) is 3. The van der Waals surface area contributed by atoms with Crippen molar-refractivity contribution < 1.29 is 4.79 Å². The molecule has 0 aliphatic carbocycles. The van der Waals surface area contributed by atoms with E-state index in [1.165, 1.54) is 6.33 Å². The van der Waals surface area contributed by atoms with Crippen molar-refractivity contribution in [3.8, 4) is 0 Å². The van der Waals surface area contributed by atoms with Gasteiger partial charge in [0.1, 0.15) is 6.33 Å². The molecular formula is C12H14N4O. The van der Waals surface area contributed by atoms with E-state index in [4.69, 9.17) is 0 Å². The van der Waals surface area contributed by atoms with Crippen LogP contribution in [0.4, 0.5) is 5.69 Å². The zero-order valence-electron chi connectivity index (χ0n) is 9.41. The summed E-state index contributed by atoms with van der Waals surface area (Å²) >= 11 is 0. The van der Waals surface area contributed by atoms with Crippen molar-refractivity contribution in [1.29, 1.82) is 0 Å². The molecule has 0 unspecified atom stereocenters. The fraction of sp³-hybridized carbons (Fsp3) is 0.250. The molecule has 0 atom stereocenters. The summed E-state index contributed by atoms with van der Waals surface area (Å²) in [5.41, 5.74) is 0.637. The molecule has 1 N–H and O–H groups in total. The van der Waals surface area contributed by atoms with Crippen molar-refractivity contribution in [2.75, 3.05) is 5.32 Å². The van der Waals surface area contributed by atoms with E-state index in [1.54, 1.807) is 12.4 Å². The first kappa shape index (κ1) is 11.3. The number of rotatable bonds is 5. The third-order valence-corrected chi connectivity index (χ3v) is 2.33. The van der Waals surface area contributed by atoms with Gasteiger partial charge in [0.25, 0.3) is 0 Å². The molecule has 2 rings (SSSR count). The first-order chi connectivity index (χ1) is 8.34. The number of anilines is 1. The average molecular weight is 230 g/mol. The first-order valence-electron chi connectivity index (χ1n) is 5.50.